The second kappa shape index (κ2) is 17.2. The van der Waals surface area contributed by atoms with Crippen molar-refractivity contribution in [2.24, 2.45) is 0 Å². The minimum absolute atomic E-state index is 0.136. The van der Waals surface area contributed by atoms with Gasteiger partial charge in [0.05, 0.1) is 24.3 Å². The number of carbonyl (C=O) groups excluding carboxylic acids is 4. The Labute approximate surface area is 282 Å². The van der Waals surface area contributed by atoms with E-state index in [4.69, 9.17) is 18.9 Å². The SMILES string of the molecule is C=C(C)C(=O)OCCCCCCOc1ccc2cc(C(=O)Oc3ccc(C(=O)Oc4ccc(/C=C/C(=O)P)cc4C)cc3C)ccc2c1. The number of hydrogen-bond acceptors (Lipinski definition) is 8. The molecular formula is C39H39O8P. The Bertz CT molecular complexity index is 1870. The summed E-state index contributed by atoms with van der Waals surface area (Å²) >= 11 is 0. The van der Waals surface area contributed by atoms with Crippen molar-refractivity contribution in [3.63, 3.8) is 0 Å². The number of allylic oxidation sites excluding steroid dienone is 1. The molecule has 0 aliphatic heterocycles. The van der Waals surface area contributed by atoms with Gasteiger partial charge in [0.1, 0.15) is 17.2 Å². The van der Waals surface area contributed by atoms with Crippen LogP contribution in [0.4, 0.5) is 0 Å². The van der Waals surface area contributed by atoms with Crippen molar-refractivity contribution in [3.05, 3.63) is 119 Å². The monoisotopic (exact) mass is 666 g/mol. The summed E-state index contributed by atoms with van der Waals surface area (Å²) < 4.78 is 22.3. The Hall–Kier alpha value is -5.07. The van der Waals surface area contributed by atoms with E-state index in [0.717, 1.165) is 53.3 Å². The van der Waals surface area contributed by atoms with Gasteiger partial charge >= 0.3 is 17.9 Å². The van der Waals surface area contributed by atoms with Crippen molar-refractivity contribution in [2.75, 3.05) is 13.2 Å². The highest BCUT2D eigenvalue weighted by Crippen LogP contribution is 2.26. The molecule has 0 bridgehead atoms. The smallest absolute Gasteiger partial charge is 0.343 e. The van der Waals surface area contributed by atoms with Gasteiger partial charge in [-0.05, 0) is 135 Å². The highest BCUT2D eigenvalue weighted by atomic mass is 31.0. The van der Waals surface area contributed by atoms with Crippen LogP contribution >= 0.6 is 9.24 Å². The summed E-state index contributed by atoms with van der Waals surface area (Å²) in [5, 5.41) is 1.80. The summed E-state index contributed by atoms with van der Waals surface area (Å²) in [6.45, 7) is 9.74. The van der Waals surface area contributed by atoms with Crippen molar-refractivity contribution in [2.45, 2.75) is 46.5 Å². The number of aryl methyl sites for hydroxylation is 2. The molecule has 48 heavy (non-hydrogen) atoms. The molecule has 8 nitrogen and oxygen atoms in total. The molecule has 0 saturated heterocycles. The predicted molar refractivity (Wildman–Crippen MR) is 190 cm³/mol. The molecule has 1 atom stereocenters. The molecule has 0 aliphatic rings. The van der Waals surface area contributed by atoms with Gasteiger partial charge < -0.3 is 18.9 Å². The fraction of sp³-hybridized carbons (Fsp3) is 0.231. The Morgan fingerprint density at radius 1 is 0.708 bits per heavy atom. The summed E-state index contributed by atoms with van der Waals surface area (Å²) in [5.74, 6) is 0.0820. The first-order valence-corrected chi connectivity index (χ1v) is 16.2. The molecule has 4 aromatic carbocycles. The molecule has 0 aromatic heterocycles. The van der Waals surface area contributed by atoms with E-state index in [2.05, 4.69) is 15.8 Å². The van der Waals surface area contributed by atoms with Crippen LogP contribution in [0.15, 0.2) is 91.0 Å². The minimum Gasteiger partial charge on any atom is -0.494 e. The molecule has 4 rings (SSSR count). The Morgan fingerprint density at radius 2 is 1.29 bits per heavy atom. The van der Waals surface area contributed by atoms with Crippen LogP contribution in [0.1, 0.15) is 70.0 Å². The Morgan fingerprint density at radius 3 is 1.94 bits per heavy atom. The van der Waals surface area contributed by atoms with Crippen LogP contribution < -0.4 is 14.2 Å². The van der Waals surface area contributed by atoms with E-state index in [9.17, 15) is 19.2 Å². The largest absolute Gasteiger partial charge is 0.494 e. The maximum Gasteiger partial charge on any atom is 0.343 e. The van der Waals surface area contributed by atoms with E-state index in [1.165, 1.54) is 6.08 Å². The second-order valence-corrected chi connectivity index (χ2v) is 12.0. The summed E-state index contributed by atoms with van der Waals surface area (Å²) in [7, 11) is 2.09. The highest BCUT2D eigenvalue weighted by molar-refractivity contribution is 7.41. The molecular weight excluding hydrogens is 627 g/mol. The molecule has 0 radical (unpaired) electrons. The summed E-state index contributed by atoms with van der Waals surface area (Å²) in [6.07, 6.45) is 6.72. The molecule has 0 aliphatic carbocycles. The fourth-order valence-corrected chi connectivity index (χ4v) is 4.85. The third kappa shape index (κ3) is 10.5. The van der Waals surface area contributed by atoms with Crippen molar-refractivity contribution >= 4 is 49.5 Å². The molecule has 0 spiro atoms. The van der Waals surface area contributed by atoms with Gasteiger partial charge in [-0.15, -0.1) is 0 Å². The van der Waals surface area contributed by atoms with Crippen LogP contribution in [0.2, 0.25) is 0 Å². The molecule has 0 N–H and O–H groups in total. The Kier molecular flexibility index (Phi) is 12.8. The Balaban J connectivity index is 1.28. The van der Waals surface area contributed by atoms with Gasteiger partial charge in [0.2, 0.25) is 0 Å². The molecule has 0 saturated carbocycles. The number of fused-ring (bicyclic) bond motifs is 1. The van der Waals surface area contributed by atoms with Gasteiger partial charge in [-0.2, -0.15) is 0 Å². The topological polar surface area (TPSA) is 105 Å². The average Bonchev–Trinajstić information content (AvgIpc) is 3.06. The first kappa shape index (κ1) is 35.8. The lowest BCUT2D eigenvalue weighted by Gasteiger charge is -2.11. The summed E-state index contributed by atoms with van der Waals surface area (Å²) in [4.78, 5) is 48.4. The zero-order chi connectivity index (χ0) is 34.6. The van der Waals surface area contributed by atoms with Gasteiger partial charge in [0.25, 0.3) is 0 Å². The molecule has 1 unspecified atom stereocenters. The third-order valence-corrected chi connectivity index (χ3v) is 7.58. The van der Waals surface area contributed by atoms with E-state index in [0.29, 0.717) is 47.0 Å². The van der Waals surface area contributed by atoms with Crippen LogP contribution in [0, 0.1) is 13.8 Å². The number of esters is 3. The van der Waals surface area contributed by atoms with Gasteiger partial charge in [-0.25, -0.2) is 14.4 Å². The number of unbranched alkanes of at least 4 members (excludes halogenated alkanes) is 3. The zero-order valence-corrected chi connectivity index (χ0v) is 28.5. The number of carbonyl (C=O) groups is 4. The van der Waals surface area contributed by atoms with Crippen LogP contribution in [0.25, 0.3) is 16.8 Å². The lowest BCUT2D eigenvalue weighted by molar-refractivity contribution is -0.139. The minimum atomic E-state index is -0.542. The predicted octanol–water partition coefficient (Wildman–Crippen LogP) is 8.37. The lowest BCUT2D eigenvalue weighted by Crippen LogP contribution is -2.12. The van der Waals surface area contributed by atoms with E-state index in [1.54, 1.807) is 62.4 Å². The normalized spacial score (nSPS) is 10.9. The number of rotatable bonds is 15. The van der Waals surface area contributed by atoms with Crippen LogP contribution in [-0.2, 0) is 14.3 Å². The maximum absolute atomic E-state index is 13.0. The molecule has 0 fully saturated rings. The number of hydrogen-bond donors (Lipinski definition) is 0. The molecule has 248 valence electrons. The maximum atomic E-state index is 13.0. The van der Waals surface area contributed by atoms with Crippen molar-refractivity contribution < 1.29 is 38.1 Å². The summed E-state index contributed by atoms with van der Waals surface area (Å²) in [6, 6.07) is 21.0. The van der Waals surface area contributed by atoms with E-state index >= 15 is 0 Å². The highest BCUT2D eigenvalue weighted by Gasteiger charge is 2.16. The van der Waals surface area contributed by atoms with Crippen molar-refractivity contribution in [1.29, 1.82) is 0 Å². The second-order valence-electron chi connectivity index (χ2n) is 11.4. The zero-order valence-electron chi connectivity index (χ0n) is 27.4. The third-order valence-electron chi connectivity index (χ3n) is 7.39. The van der Waals surface area contributed by atoms with Gasteiger partial charge in [-0.3, -0.25) is 4.79 Å². The van der Waals surface area contributed by atoms with Gasteiger partial charge in [-0.1, -0.05) is 40.1 Å². The standard InChI is InChI=1S/C39H39O8P/c1-25(2)37(41)45-20-8-6-5-7-19-44-33-15-13-29-23-32(12-11-30(29)24-33)39(43)47-35-17-14-31(22-27(35)4)38(42)46-34-16-9-28(21-26(34)3)10-18-36(40)48/h9-18,21-24H,1,5-8,19-20,48H2,2-4H3/b18-10+. The van der Waals surface area contributed by atoms with Gasteiger partial charge in [0, 0.05) is 5.57 Å². The van der Waals surface area contributed by atoms with E-state index in [-0.39, 0.29) is 11.5 Å². The lowest BCUT2D eigenvalue weighted by atomic mass is 10.1. The van der Waals surface area contributed by atoms with Crippen LogP contribution in [0.3, 0.4) is 0 Å². The molecule has 0 amide bonds. The molecule has 0 heterocycles. The first-order chi connectivity index (χ1) is 23.0. The van der Waals surface area contributed by atoms with E-state index < -0.39 is 11.9 Å². The summed E-state index contributed by atoms with van der Waals surface area (Å²) in [5.41, 5.74) is 3.14. The molecule has 4 aromatic rings. The van der Waals surface area contributed by atoms with Crippen molar-refractivity contribution in [1.82, 2.24) is 0 Å². The number of benzene rings is 4. The molecule has 9 heteroatoms. The van der Waals surface area contributed by atoms with Crippen LogP contribution in [-0.4, -0.2) is 36.6 Å². The van der Waals surface area contributed by atoms with Crippen LogP contribution in [0.5, 0.6) is 17.2 Å². The van der Waals surface area contributed by atoms with Gasteiger partial charge in [0.15, 0.2) is 5.52 Å². The average molecular weight is 667 g/mol. The van der Waals surface area contributed by atoms with Crippen molar-refractivity contribution in [3.8, 4) is 17.2 Å². The quantitative estimate of drug-likeness (QED) is 0.0410. The fourth-order valence-electron chi connectivity index (χ4n) is 4.75. The first-order valence-electron chi connectivity index (χ1n) is 15.6. The number of ether oxygens (including phenoxy) is 4. The van der Waals surface area contributed by atoms with E-state index in [1.807, 2.05) is 37.3 Å².